The smallest absolute Gasteiger partial charge is 0.196 e. The van der Waals surface area contributed by atoms with Crippen LogP contribution in [0.25, 0.3) is 0 Å². The number of carbonyl (C=O) groups is 2. The van der Waals surface area contributed by atoms with Gasteiger partial charge in [0.05, 0.1) is 28.9 Å². The quantitative estimate of drug-likeness (QED) is 0.574. The predicted molar refractivity (Wildman–Crippen MR) is 76.1 cm³/mol. The molecule has 22 heavy (non-hydrogen) atoms. The van der Waals surface area contributed by atoms with Crippen LogP contribution in [-0.2, 0) is 4.74 Å². The molecule has 1 fully saturated rings. The van der Waals surface area contributed by atoms with Crippen LogP contribution in [0.4, 0.5) is 0 Å². The molecule has 2 aliphatic rings. The van der Waals surface area contributed by atoms with Crippen LogP contribution < -0.4 is 0 Å². The molecule has 1 aliphatic carbocycles. The molecule has 116 valence electrons. The number of hydrogen-bond acceptors (Lipinski definition) is 6. The molecule has 0 bridgehead atoms. The number of fused-ring (bicyclic) bond motifs is 1. The van der Waals surface area contributed by atoms with Crippen molar-refractivity contribution in [3.8, 4) is 11.5 Å². The molecule has 1 unspecified atom stereocenters. The second-order valence-electron chi connectivity index (χ2n) is 6.11. The van der Waals surface area contributed by atoms with Gasteiger partial charge in [-0.25, -0.2) is 0 Å². The zero-order chi connectivity index (χ0) is 16.2. The van der Waals surface area contributed by atoms with Gasteiger partial charge in [0.1, 0.15) is 11.5 Å². The molecule has 0 spiro atoms. The molecule has 6 heteroatoms. The lowest BCUT2D eigenvalue weighted by molar-refractivity contribution is 0.0933. The number of ether oxygens (including phenoxy) is 1. The minimum absolute atomic E-state index is 0.0929. The number of ketones is 2. The fourth-order valence-electron chi connectivity index (χ4n) is 2.73. The normalized spacial score (nSPS) is 23.8. The predicted octanol–water partition coefficient (Wildman–Crippen LogP) is 1.33. The first-order valence-electron chi connectivity index (χ1n) is 6.94. The Morgan fingerprint density at radius 3 is 2.27 bits per heavy atom. The molecule has 1 aromatic carbocycles. The summed E-state index contributed by atoms with van der Waals surface area (Å²) in [6.07, 6.45) is -0.153. The molecular formula is C16H16O6. The lowest BCUT2D eigenvalue weighted by Gasteiger charge is -2.20. The van der Waals surface area contributed by atoms with Gasteiger partial charge in [0.25, 0.3) is 0 Å². The summed E-state index contributed by atoms with van der Waals surface area (Å²) in [7, 11) is 0. The van der Waals surface area contributed by atoms with Crippen LogP contribution in [0.15, 0.2) is 23.8 Å². The first-order chi connectivity index (χ1) is 10.2. The van der Waals surface area contributed by atoms with E-state index in [0.717, 1.165) is 18.2 Å². The fraction of sp³-hybridized carbons (Fsp3) is 0.375. The molecule has 3 rings (SSSR count). The summed E-state index contributed by atoms with van der Waals surface area (Å²) in [6, 6.07) is 2.29. The molecule has 0 amide bonds. The van der Waals surface area contributed by atoms with Gasteiger partial charge in [-0.2, -0.15) is 0 Å². The Balaban J connectivity index is 1.94. The van der Waals surface area contributed by atoms with Gasteiger partial charge in [0, 0.05) is 12.0 Å². The highest BCUT2D eigenvalue weighted by Gasteiger charge is 2.49. The van der Waals surface area contributed by atoms with Gasteiger partial charge in [0.15, 0.2) is 11.6 Å². The van der Waals surface area contributed by atoms with Crippen LogP contribution >= 0.6 is 0 Å². The lowest BCUT2D eigenvalue weighted by Crippen LogP contribution is -2.27. The number of rotatable bonds is 3. The summed E-state index contributed by atoms with van der Waals surface area (Å²) in [6.45, 7) is 3.73. The highest BCUT2D eigenvalue weighted by atomic mass is 16.6. The minimum Gasteiger partial charge on any atom is -0.507 e. The third-order valence-electron chi connectivity index (χ3n) is 4.14. The van der Waals surface area contributed by atoms with Gasteiger partial charge in [-0.15, -0.1) is 0 Å². The molecular weight excluding hydrogens is 288 g/mol. The van der Waals surface area contributed by atoms with Crippen molar-refractivity contribution in [1.29, 1.82) is 0 Å². The Bertz CT molecular complexity index is 716. The van der Waals surface area contributed by atoms with Crippen molar-refractivity contribution in [1.82, 2.24) is 0 Å². The van der Waals surface area contributed by atoms with Gasteiger partial charge in [-0.05, 0) is 32.1 Å². The number of Topliss-reactive ketones (excluding diaryl/α,β-unsaturated/α-hetero) is 1. The Labute approximate surface area is 126 Å². The molecule has 2 atom stereocenters. The van der Waals surface area contributed by atoms with E-state index >= 15 is 0 Å². The Morgan fingerprint density at radius 1 is 1.18 bits per heavy atom. The second kappa shape index (κ2) is 4.66. The van der Waals surface area contributed by atoms with E-state index in [9.17, 15) is 24.9 Å². The zero-order valence-electron chi connectivity index (χ0n) is 12.2. The summed E-state index contributed by atoms with van der Waals surface area (Å²) < 4.78 is 5.37. The standard InChI is InChI=1S/C16H16O6/c1-16(2)12(22-16)6-10(19)7-5-11(20)13-8(17)3-4-9(18)14(13)15(7)21/h3-5,10,12,17-19H,6H2,1-2H3/t10?,12-/m1/s1. The van der Waals surface area contributed by atoms with Gasteiger partial charge < -0.3 is 20.1 Å². The van der Waals surface area contributed by atoms with E-state index in [4.69, 9.17) is 4.74 Å². The number of allylic oxidation sites excluding steroid dienone is 1. The zero-order valence-corrected chi connectivity index (χ0v) is 12.2. The summed E-state index contributed by atoms with van der Waals surface area (Å²) in [4.78, 5) is 24.6. The number of epoxide rings is 1. The lowest BCUT2D eigenvalue weighted by atomic mass is 9.84. The van der Waals surface area contributed by atoms with Crippen LogP contribution in [0.3, 0.4) is 0 Å². The van der Waals surface area contributed by atoms with Gasteiger partial charge in [-0.1, -0.05) is 0 Å². The number of phenols is 2. The van der Waals surface area contributed by atoms with Crippen molar-refractivity contribution in [2.75, 3.05) is 0 Å². The van der Waals surface area contributed by atoms with E-state index in [0.29, 0.717) is 0 Å². The van der Waals surface area contributed by atoms with Crippen LogP contribution in [-0.4, -0.2) is 44.7 Å². The molecule has 1 saturated heterocycles. The highest BCUT2D eigenvalue weighted by Crippen LogP contribution is 2.41. The van der Waals surface area contributed by atoms with Gasteiger partial charge in [-0.3, -0.25) is 9.59 Å². The molecule has 6 nitrogen and oxygen atoms in total. The van der Waals surface area contributed by atoms with Crippen molar-refractivity contribution in [2.45, 2.75) is 38.1 Å². The maximum atomic E-state index is 12.4. The summed E-state index contributed by atoms with van der Waals surface area (Å²) in [5.41, 5.74) is -0.937. The van der Waals surface area contributed by atoms with Crippen LogP contribution in [0.2, 0.25) is 0 Å². The Kier molecular flexibility index (Phi) is 3.12. The number of phenolic OH excluding ortho intramolecular Hbond substituents is 2. The summed E-state index contributed by atoms with van der Waals surface area (Å²) in [5.74, 6) is -2.04. The van der Waals surface area contributed by atoms with Crippen molar-refractivity contribution >= 4 is 11.6 Å². The van der Waals surface area contributed by atoms with E-state index in [1.165, 1.54) is 0 Å². The molecule has 1 aliphatic heterocycles. The van der Waals surface area contributed by atoms with E-state index in [1.54, 1.807) is 0 Å². The van der Waals surface area contributed by atoms with Gasteiger partial charge in [0.2, 0.25) is 0 Å². The minimum atomic E-state index is -1.17. The first kappa shape index (κ1) is 14.7. The summed E-state index contributed by atoms with van der Waals surface area (Å²) in [5, 5.41) is 29.8. The van der Waals surface area contributed by atoms with Crippen LogP contribution in [0.1, 0.15) is 41.0 Å². The average Bonchev–Trinajstić information content (AvgIpc) is 3.03. The third-order valence-corrected chi connectivity index (χ3v) is 4.14. The fourth-order valence-corrected chi connectivity index (χ4v) is 2.73. The van der Waals surface area contributed by atoms with E-state index in [2.05, 4.69) is 0 Å². The number of aliphatic hydroxyl groups is 1. The Hall–Kier alpha value is -2.18. The van der Waals surface area contributed by atoms with E-state index in [-0.39, 0.29) is 40.6 Å². The third kappa shape index (κ3) is 2.20. The number of carbonyl (C=O) groups excluding carboxylic acids is 2. The number of hydrogen-bond donors (Lipinski definition) is 3. The second-order valence-corrected chi connectivity index (χ2v) is 6.11. The SMILES string of the molecule is CC1(C)O[C@@H]1CC(O)C1=CC(=O)c2c(O)ccc(O)c2C1=O. The maximum Gasteiger partial charge on any atom is 0.196 e. The van der Waals surface area contributed by atoms with E-state index < -0.39 is 23.4 Å². The van der Waals surface area contributed by atoms with Crippen molar-refractivity contribution < 1.29 is 29.6 Å². The molecule has 0 aromatic heterocycles. The average molecular weight is 304 g/mol. The summed E-state index contributed by atoms with van der Waals surface area (Å²) >= 11 is 0. The van der Waals surface area contributed by atoms with Crippen molar-refractivity contribution in [3.63, 3.8) is 0 Å². The highest BCUT2D eigenvalue weighted by molar-refractivity contribution is 6.26. The van der Waals surface area contributed by atoms with Crippen molar-refractivity contribution in [3.05, 3.63) is 34.9 Å². The number of aliphatic hydroxyl groups excluding tert-OH is 1. The number of benzene rings is 1. The van der Waals surface area contributed by atoms with E-state index in [1.807, 2.05) is 13.8 Å². The first-order valence-corrected chi connectivity index (χ1v) is 6.94. The topological polar surface area (TPSA) is 107 Å². The van der Waals surface area contributed by atoms with Crippen molar-refractivity contribution in [2.24, 2.45) is 0 Å². The van der Waals surface area contributed by atoms with Crippen LogP contribution in [0, 0.1) is 0 Å². The molecule has 1 aromatic rings. The van der Waals surface area contributed by atoms with Crippen LogP contribution in [0.5, 0.6) is 11.5 Å². The van der Waals surface area contributed by atoms with Gasteiger partial charge >= 0.3 is 0 Å². The number of aromatic hydroxyl groups is 2. The maximum absolute atomic E-state index is 12.4. The molecule has 1 heterocycles. The Morgan fingerprint density at radius 2 is 1.73 bits per heavy atom. The monoisotopic (exact) mass is 304 g/mol. The molecule has 0 saturated carbocycles. The largest absolute Gasteiger partial charge is 0.507 e. The molecule has 3 N–H and O–H groups in total. The molecule has 0 radical (unpaired) electrons.